The predicted octanol–water partition coefficient (Wildman–Crippen LogP) is 3.03. The normalized spacial score (nSPS) is 18.3. The van der Waals surface area contributed by atoms with Gasteiger partial charge in [0.1, 0.15) is 11.5 Å². The van der Waals surface area contributed by atoms with E-state index in [1.807, 2.05) is 17.0 Å². The molecule has 2 rings (SSSR count). The largest absolute Gasteiger partial charge is 0.464 e. The zero-order valence-electron chi connectivity index (χ0n) is 14.0. The first-order valence-corrected chi connectivity index (χ1v) is 8.35. The first-order chi connectivity index (χ1) is 11.2. The molecule has 6 heteroatoms. The number of hydrogen-bond acceptors (Lipinski definition) is 4. The molecule has 0 saturated carbocycles. The van der Waals surface area contributed by atoms with Gasteiger partial charge in [-0.2, -0.15) is 0 Å². The number of nitrogens with zero attached hydrogens (tertiary/aromatic N) is 1. The Balaban J connectivity index is 2.02. The summed E-state index contributed by atoms with van der Waals surface area (Å²) in [5.41, 5.74) is 0. The van der Waals surface area contributed by atoms with Gasteiger partial charge in [0.25, 0.3) is 0 Å². The molecular weight excluding hydrogens is 296 g/mol. The number of ether oxygens (including phenoxy) is 1. The third-order valence-corrected chi connectivity index (χ3v) is 4.23. The van der Waals surface area contributed by atoms with E-state index < -0.39 is 6.09 Å². The van der Waals surface area contributed by atoms with Crippen LogP contribution in [0.5, 0.6) is 0 Å². The maximum absolute atomic E-state index is 12.6. The van der Waals surface area contributed by atoms with Gasteiger partial charge in [-0.3, -0.25) is 4.79 Å². The number of carbonyl (C=O) groups is 2. The van der Waals surface area contributed by atoms with E-state index in [1.165, 1.54) is 7.11 Å². The van der Waals surface area contributed by atoms with Crippen LogP contribution in [0.1, 0.15) is 56.6 Å². The highest BCUT2D eigenvalue weighted by Crippen LogP contribution is 2.31. The fraction of sp³-hybridized carbons (Fsp3) is 0.647. The van der Waals surface area contributed by atoms with Crippen molar-refractivity contribution in [3.63, 3.8) is 0 Å². The van der Waals surface area contributed by atoms with Crippen LogP contribution in [-0.4, -0.2) is 37.1 Å². The number of rotatable bonds is 5. The number of likely N-dealkylation sites (tertiary alicyclic amines) is 1. The number of hydrogen-bond donors (Lipinski definition) is 1. The summed E-state index contributed by atoms with van der Waals surface area (Å²) in [6.07, 6.45) is 4.76. The van der Waals surface area contributed by atoms with E-state index in [2.05, 4.69) is 17.0 Å². The molecule has 1 atom stereocenters. The first-order valence-electron chi connectivity index (χ1n) is 8.35. The molecular formula is C17H26N2O4. The second-order valence-electron chi connectivity index (χ2n) is 5.78. The number of amides is 2. The van der Waals surface area contributed by atoms with Crippen LogP contribution in [0, 0.1) is 0 Å². The number of methoxy groups -OCH3 is 1. The second-order valence-corrected chi connectivity index (χ2v) is 5.78. The molecule has 1 aliphatic rings. The molecule has 128 valence electrons. The van der Waals surface area contributed by atoms with Crippen molar-refractivity contribution in [3.05, 3.63) is 23.7 Å². The summed E-state index contributed by atoms with van der Waals surface area (Å²) < 4.78 is 10.4. The molecule has 1 N–H and O–H groups in total. The molecule has 2 heterocycles. The number of alkyl carbamates (subject to hydrolysis) is 1. The van der Waals surface area contributed by atoms with Gasteiger partial charge in [-0.15, -0.1) is 0 Å². The molecule has 1 aromatic heterocycles. The fourth-order valence-electron chi connectivity index (χ4n) is 2.95. The van der Waals surface area contributed by atoms with Crippen LogP contribution >= 0.6 is 0 Å². The van der Waals surface area contributed by atoms with Crippen LogP contribution in [0.3, 0.4) is 0 Å². The minimum absolute atomic E-state index is 0.00317. The quantitative estimate of drug-likeness (QED) is 0.904. The van der Waals surface area contributed by atoms with Crippen molar-refractivity contribution in [2.45, 2.75) is 51.5 Å². The van der Waals surface area contributed by atoms with Gasteiger partial charge in [0.05, 0.1) is 13.2 Å². The standard InChI is InChI=1S/C17H26N2O4/c1-3-13-8-9-15(23-13)14-7-5-4-6-12-19(14)16(20)10-11-18-17(21)22-2/h8-9,14H,3-7,10-12H2,1-2H3,(H,18,21)/t14-/m1/s1. The van der Waals surface area contributed by atoms with Gasteiger partial charge in [-0.25, -0.2) is 4.79 Å². The maximum Gasteiger partial charge on any atom is 0.406 e. The SMILES string of the molecule is CCc1ccc([C@H]2CCCCCN2C(=O)CCNC(=O)OC)o1. The van der Waals surface area contributed by atoms with Crippen LogP contribution < -0.4 is 5.32 Å². The van der Waals surface area contributed by atoms with Gasteiger partial charge in [0, 0.05) is 25.9 Å². The summed E-state index contributed by atoms with van der Waals surface area (Å²) in [6.45, 7) is 3.08. The van der Waals surface area contributed by atoms with E-state index in [4.69, 9.17) is 4.42 Å². The molecule has 1 aliphatic heterocycles. The van der Waals surface area contributed by atoms with Crippen LogP contribution in [0.25, 0.3) is 0 Å². The topological polar surface area (TPSA) is 71.8 Å². The minimum Gasteiger partial charge on any atom is -0.464 e. The predicted molar refractivity (Wildman–Crippen MR) is 86.0 cm³/mol. The Bertz CT molecular complexity index is 526. The summed E-state index contributed by atoms with van der Waals surface area (Å²) in [7, 11) is 1.31. The highest BCUT2D eigenvalue weighted by Gasteiger charge is 2.28. The van der Waals surface area contributed by atoms with Gasteiger partial charge in [0.2, 0.25) is 5.91 Å². The van der Waals surface area contributed by atoms with Gasteiger partial charge in [0.15, 0.2) is 0 Å². The maximum atomic E-state index is 12.6. The highest BCUT2D eigenvalue weighted by molar-refractivity contribution is 5.77. The van der Waals surface area contributed by atoms with Crippen molar-refractivity contribution in [1.82, 2.24) is 10.2 Å². The average Bonchev–Trinajstić information content (AvgIpc) is 2.91. The molecule has 0 aliphatic carbocycles. The number of carbonyl (C=O) groups excluding carboxylic acids is 2. The minimum atomic E-state index is -0.510. The molecule has 0 bridgehead atoms. The summed E-state index contributed by atoms with van der Waals surface area (Å²) in [5.74, 6) is 1.87. The van der Waals surface area contributed by atoms with Crippen molar-refractivity contribution in [2.75, 3.05) is 20.2 Å². The number of aryl methyl sites for hydroxylation is 1. The van der Waals surface area contributed by atoms with Crippen molar-refractivity contribution in [3.8, 4) is 0 Å². The molecule has 0 spiro atoms. The Morgan fingerprint density at radius 2 is 2.17 bits per heavy atom. The smallest absolute Gasteiger partial charge is 0.406 e. The van der Waals surface area contributed by atoms with Gasteiger partial charge >= 0.3 is 6.09 Å². The van der Waals surface area contributed by atoms with Gasteiger partial charge in [-0.1, -0.05) is 19.8 Å². The Kier molecular flexibility index (Phi) is 6.50. The Morgan fingerprint density at radius 3 is 2.87 bits per heavy atom. The Morgan fingerprint density at radius 1 is 1.35 bits per heavy atom. The third-order valence-electron chi connectivity index (χ3n) is 4.23. The Hall–Kier alpha value is -1.98. The first kappa shape index (κ1) is 17.4. The molecule has 1 saturated heterocycles. The molecule has 0 radical (unpaired) electrons. The molecule has 1 aromatic rings. The monoisotopic (exact) mass is 322 g/mol. The lowest BCUT2D eigenvalue weighted by molar-refractivity contribution is -0.133. The summed E-state index contributed by atoms with van der Waals surface area (Å²) in [6, 6.07) is 3.98. The van der Waals surface area contributed by atoms with Crippen molar-refractivity contribution in [2.24, 2.45) is 0 Å². The van der Waals surface area contributed by atoms with Gasteiger partial charge < -0.3 is 19.4 Å². The highest BCUT2D eigenvalue weighted by atomic mass is 16.5. The van der Waals surface area contributed by atoms with E-state index in [9.17, 15) is 9.59 Å². The molecule has 0 unspecified atom stereocenters. The van der Waals surface area contributed by atoms with Crippen LogP contribution in [-0.2, 0) is 16.0 Å². The van der Waals surface area contributed by atoms with Crippen LogP contribution in [0.15, 0.2) is 16.5 Å². The van der Waals surface area contributed by atoms with E-state index in [0.29, 0.717) is 0 Å². The van der Waals surface area contributed by atoms with E-state index in [0.717, 1.165) is 50.2 Å². The molecule has 1 fully saturated rings. The van der Waals surface area contributed by atoms with Crippen LogP contribution in [0.4, 0.5) is 4.79 Å². The summed E-state index contributed by atoms with van der Waals surface area (Å²) >= 11 is 0. The van der Waals surface area contributed by atoms with E-state index >= 15 is 0 Å². The molecule has 0 aromatic carbocycles. The summed E-state index contributed by atoms with van der Waals surface area (Å²) in [4.78, 5) is 25.6. The average molecular weight is 322 g/mol. The zero-order valence-corrected chi connectivity index (χ0v) is 14.0. The zero-order chi connectivity index (χ0) is 16.7. The van der Waals surface area contributed by atoms with Crippen molar-refractivity contribution >= 4 is 12.0 Å². The second kappa shape index (κ2) is 8.60. The lowest BCUT2D eigenvalue weighted by Gasteiger charge is -2.28. The van der Waals surface area contributed by atoms with E-state index in [-0.39, 0.29) is 24.9 Å². The van der Waals surface area contributed by atoms with Crippen molar-refractivity contribution < 1.29 is 18.7 Å². The molecule has 2 amide bonds. The Labute approximate surface area is 137 Å². The molecule has 6 nitrogen and oxygen atoms in total. The molecule has 23 heavy (non-hydrogen) atoms. The van der Waals surface area contributed by atoms with E-state index in [1.54, 1.807) is 0 Å². The summed E-state index contributed by atoms with van der Waals surface area (Å²) in [5, 5.41) is 2.55. The number of furan rings is 1. The third kappa shape index (κ3) is 4.74. The number of nitrogens with one attached hydrogen (secondary N) is 1. The van der Waals surface area contributed by atoms with Gasteiger partial charge in [-0.05, 0) is 25.0 Å². The fourth-order valence-corrected chi connectivity index (χ4v) is 2.95. The lowest BCUT2D eigenvalue weighted by Crippen LogP contribution is -2.37. The lowest BCUT2D eigenvalue weighted by atomic mass is 10.1. The van der Waals surface area contributed by atoms with Crippen LogP contribution in [0.2, 0.25) is 0 Å². The van der Waals surface area contributed by atoms with Crippen molar-refractivity contribution in [1.29, 1.82) is 0 Å².